The molecule has 0 saturated carbocycles. The molecule has 2 fully saturated rings. The highest BCUT2D eigenvalue weighted by atomic mass is 16.6. The van der Waals surface area contributed by atoms with Crippen molar-refractivity contribution in [1.82, 2.24) is 47.9 Å². The summed E-state index contributed by atoms with van der Waals surface area (Å²) in [6.45, 7) is 1.64. The van der Waals surface area contributed by atoms with Crippen LogP contribution in [0.4, 0.5) is 4.79 Å². The molecule has 8 amide bonds. The Morgan fingerprint density at radius 3 is 1.34 bits per heavy atom. The molecule has 3 aliphatic rings. The van der Waals surface area contributed by atoms with Gasteiger partial charge in [0.15, 0.2) is 24.3 Å². The molecule has 3 rings (SSSR count). The summed E-state index contributed by atoms with van der Waals surface area (Å²) in [5.41, 5.74) is 47.4. The second-order valence-corrected chi connectivity index (χ2v) is 21.0. The molecule has 14 atom stereocenters. The lowest BCUT2D eigenvalue weighted by Crippen LogP contribution is -2.70. The summed E-state index contributed by atoms with van der Waals surface area (Å²) in [4.78, 5) is 103. The molecule has 0 radical (unpaired) electrons. The predicted molar refractivity (Wildman–Crippen MR) is 294 cm³/mol. The van der Waals surface area contributed by atoms with Gasteiger partial charge in [-0.2, -0.15) is 0 Å². The molecule has 80 heavy (non-hydrogen) atoms. The first-order valence-electron chi connectivity index (χ1n) is 27.9. The van der Waals surface area contributed by atoms with E-state index in [9.17, 15) is 53.7 Å². The minimum absolute atomic E-state index is 0.000522. The molecule has 0 spiro atoms. The zero-order valence-corrected chi connectivity index (χ0v) is 46.0. The molecule has 0 bridgehead atoms. The molecule has 2 saturated heterocycles. The fraction of sp³-hybridized carbons (Fsp3) is 0.816. The van der Waals surface area contributed by atoms with Gasteiger partial charge in [0, 0.05) is 114 Å². The number of nitrogens with two attached hydrogens (primary N) is 8. The monoisotopic (exact) mass is 1140 g/mol. The summed E-state index contributed by atoms with van der Waals surface area (Å²) < 4.78 is 10.9. The van der Waals surface area contributed by atoms with Crippen LogP contribution in [-0.2, 0) is 43.0 Å². The van der Waals surface area contributed by atoms with E-state index in [1.54, 1.807) is 0 Å². The Morgan fingerprint density at radius 2 is 0.988 bits per heavy atom. The van der Waals surface area contributed by atoms with E-state index in [0.29, 0.717) is 103 Å². The van der Waals surface area contributed by atoms with Gasteiger partial charge in [0.1, 0.15) is 18.2 Å². The number of guanidine groups is 1. The summed E-state index contributed by atoms with van der Waals surface area (Å²) in [6.07, 6.45) is -0.906. The van der Waals surface area contributed by atoms with E-state index in [-0.39, 0.29) is 105 Å². The van der Waals surface area contributed by atoms with Gasteiger partial charge < -0.3 is 119 Å². The Kier molecular flexibility index (Phi) is 32.1. The van der Waals surface area contributed by atoms with Crippen LogP contribution < -0.4 is 93.7 Å². The standard InChI is InChI=1S/C49H94N18O13/c50-13-1-7-27(51)19-35(70)58-14-2-8-28(52)20-36(71)59-15-3-9-29(53)21-37(72)60-16-4-10-30(54)22-38(73)61-17-5-11-31(55)23-39(74)62-18-6-12-32(56)24-40(75)64-43-44(76)45(80-48(57)78)34(26-68)79-47(43)67-49-65-41-33(69)25-63-46(77)42(41)66-49/h27-34,41-45,47,68-69,76H,1-26,50-56H2,(H2,57,78)(H,58,70)(H,59,71)(H,60,72)(H,61,73)(H,62,74)(H,63,77)(H,64,75)(H2,65,66,67)/t27-,28-,29-,30-,31-,32-,33+,34-,41+,42-,43-,44-,45-,47-/m0/s1. The van der Waals surface area contributed by atoms with Gasteiger partial charge in [0.2, 0.25) is 41.4 Å². The molecule has 0 aromatic carbocycles. The number of nitrogens with zero attached hydrogens (tertiary/aromatic N) is 1. The van der Waals surface area contributed by atoms with Crippen molar-refractivity contribution >= 4 is 53.4 Å². The van der Waals surface area contributed by atoms with Crippen molar-refractivity contribution in [2.24, 2.45) is 50.9 Å². The van der Waals surface area contributed by atoms with Crippen LogP contribution in [0.15, 0.2) is 4.99 Å². The molecule has 0 aromatic heterocycles. The smallest absolute Gasteiger partial charge is 0.404 e. The summed E-state index contributed by atoms with van der Waals surface area (Å²) in [5, 5.41) is 56.6. The number of carbonyl (C=O) groups is 8. The van der Waals surface area contributed by atoms with E-state index in [2.05, 4.69) is 52.8 Å². The largest absolute Gasteiger partial charge is 0.441 e. The molecule has 31 heteroatoms. The van der Waals surface area contributed by atoms with Crippen LogP contribution in [0.25, 0.3) is 0 Å². The third kappa shape index (κ3) is 27.2. The van der Waals surface area contributed by atoms with E-state index in [4.69, 9.17) is 55.3 Å². The Morgan fingerprint density at radius 1 is 0.613 bits per heavy atom. The first-order chi connectivity index (χ1) is 38.1. The van der Waals surface area contributed by atoms with Gasteiger partial charge in [-0.25, -0.2) is 9.79 Å². The lowest BCUT2D eigenvalue weighted by atomic mass is 9.95. The third-order valence-electron chi connectivity index (χ3n) is 13.7. The van der Waals surface area contributed by atoms with Crippen molar-refractivity contribution in [2.45, 2.75) is 201 Å². The van der Waals surface area contributed by atoms with Crippen molar-refractivity contribution in [3.8, 4) is 0 Å². The van der Waals surface area contributed by atoms with Gasteiger partial charge >= 0.3 is 6.09 Å². The molecule has 0 unspecified atom stereocenters. The lowest BCUT2D eigenvalue weighted by molar-refractivity contribution is -0.198. The predicted octanol–water partition coefficient (Wildman–Crippen LogP) is -7.68. The fourth-order valence-corrected chi connectivity index (χ4v) is 9.32. The minimum atomic E-state index is -1.65. The molecule has 3 aliphatic heterocycles. The highest BCUT2D eigenvalue weighted by molar-refractivity contribution is 5.93. The molecule has 0 aromatic rings. The van der Waals surface area contributed by atoms with Crippen molar-refractivity contribution in [3.05, 3.63) is 0 Å². The maximum atomic E-state index is 13.2. The van der Waals surface area contributed by atoms with Crippen LogP contribution in [-0.4, -0.2) is 206 Å². The average molecular weight is 1140 g/mol. The number of aliphatic hydroxyl groups excluding tert-OH is 3. The van der Waals surface area contributed by atoms with Gasteiger partial charge in [-0.15, -0.1) is 0 Å². The fourth-order valence-electron chi connectivity index (χ4n) is 9.32. The Bertz CT molecular complexity index is 1980. The van der Waals surface area contributed by atoms with Gasteiger partial charge in [-0.3, -0.25) is 33.6 Å². The van der Waals surface area contributed by atoms with E-state index in [1.807, 2.05) is 0 Å². The number of hydrogen-bond acceptors (Lipinski definition) is 23. The Labute approximate surface area is 467 Å². The number of nitrogens with one attached hydrogen (secondary N) is 9. The number of hydrogen-bond donors (Lipinski definition) is 20. The Hall–Kier alpha value is -5.61. The van der Waals surface area contributed by atoms with E-state index in [1.165, 1.54) is 0 Å². The van der Waals surface area contributed by atoms with E-state index in [0.717, 1.165) is 6.42 Å². The topological polar surface area (TPSA) is 544 Å². The Balaban J connectivity index is 1.20. The van der Waals surface area contributed by atoms with Crippen LogP contribution in [0, 0.1) is 0 Å². The van der Waals surface area contributed by atoms with Crippen molar-refractivity contribution in [2.75, 3.05) is 52.4 Å². The molecular formula is C49H94N18O13. The molecular weight excluding hydrogens is 1050 g/mol. The summed E-state index contributed by atoms with van der Waals surface area (Å²) in [6, 6.07) is -5.56. The lowest BCUT2D eigenvalue weighted by Gasteiger charge is -2.44. The van der Waals surface area contributed by atoms with Crippen molar-refractivity contribution in [3.63, 3.8) is 0 Å². The summed E-state index contributed by atoms with van der Waals surface area (Å²) in [5.74, 6) is -2.05. The number of amides is 8. The number of carbonyl (C=O) groups excluding carboxylic acids is 8. The van der Waals surface area contributed by atoms with Crippen LogP contribution in [0.5, 0.6) is 0 Å². The molecule has 31 nitrogen and oxygen atoms in total. The zero-order valence-electron chi connectivity index (χ0n) is 46.0. The maximum Gasteiger partial charge on any atom is 0.404 e. The van der Waals surface area contributed by atoms with Crippen molar-refractivity contribution < 1.29 is 63.1 Å². The van der Waals surface area contributed by atoms with Gasteiger partial charge in [0.05, 0.1) is 18.8 Å². The number of β-amino-alcohol motifs (C(OH)–C–C–N with tert-alkyl or cyclic N) is 1. The highest BCUT2D eigenvalue weighted by Crippen LogP contribution is 2.24. The van der Waals surface area contributed by atoms with Crippen LogP contribution in [0.1, 0.15) is 116 Å². The first kappa shape index (κ1) is 68.7. The van der Waals surface area contributed by atoms with Gasteiger partial charge in [-0.1, -0.05) is 0 Å². The maximum absolute atomic E-state index is 13.2. The second kappa shape index (κ2) is 37.4. The number of fused-ring (bicyclic) bond motifs is 1. The number of aliphatic imine (C=N–C) groups is 1. The second-order valence-electron chi connectivity index (χ2n) is 21.0. The highest BCUT2D eigenvalue weighted by Gasteiger charge is 2.50. The van der Waals surface area contributed by atoms with E-state index >= 15 is 0 Å². The number of rotatable bonds is 39. The number of primary amides is 1. The number of piperidine rings is 1. The molecule has 0 aliphatic carbocycles. The third-order valence-corrected chi connectivity index (χ3v) is 13.7. The van der Waals surface area contributed by atoms with Crippen LogP contribution in [0.3, 0.4) is 0 Å². The zero-order chi connectivity index (χ0) is 59.1. The molecule has 28 N–H and O–H groups in total. The van der Waals surface area contributed by atoms with Gasteiger partial charge in [-0.05, 0) is 83.6 Å². The molecule has 3 heterocycles. The van der Waals surface area contributed by atoms with Crippen LogP contribution >= 0.6 is 0 Å². The van der Waals surface area contributed by atoms with Crippen LogP contribution in [0.2, 0.25) is 0 Å². The van der Waals surface area contributed by atoms with Gasteiger partial charge in [0.25, 0.3) is 0 Å². The number of aliphatic hydroxyl groups is 3. The molecule has 458 valence electrons. The number of ether oxygens (including phenoxy) is 2. The van der Waals surface area contributed by atoms with E-state index < -0.39 is 91.4 Å². The first-order valence-corrected chi connectivity index (χ1v) is 27.9. The SMILES string of the molecule is NCCC[C@H](N)CC(=O)NCCC[C@H](N)CC(=O)NCCC[C@H](N)CC(=O)NCCC[C@H](N)CC(=O)NCCC[C@H](N)CC(=O)NCCC[C@H](N)CC(=O)N[C@H]1[C@H](O)[C@@H](OC(N)=O)[C@H](CO)O[C@@H]1NC1=N[C@@H]2C(=O)NC[C@@H](O)[C@H]2N1. The quantitative estimate of drug-likeness (QED) is 0.0254. The normalized spacial score (nSPS) is 23.7. The van der Waals surface area contributed by atoms with Crippen molar-refractivity contribution in [1.29, 1.82) is 0 Å². The average Bonchev–Trinajstić information content (AvgIpc) is 3.98. The summed E-state index contributed by atoms with van der Waals surface area (Å²) in [7, 11) is 0. The summed E-state index contributed by atoms with van der Waals surface area (Å²) >= 11 is 0. The minimum Gasteiger partial charge on any atom is -0.441 e.